The highest BCUT2D eigenvalue weighted by Crippen LogP contribution is 2.32. The Bertz CT molecular complexity index is 1300. The average Bonchev–Trinajstić information content (AvgIpc) is 3.42. The molecule has 32 heavy (non-hydrogen) atoms. The van der Waals surface area contributed by atoms with Gasteiger partial charge in [0, 0.05) is 27.9 Å². The highest BCUT2D eigenvalue weighted by Gasteiger charge is 2.10. The molecule has 2 heterocycles. The average molecular weight is 468 g/mol. The molecule has 0 saturated heterocycles. The fourth-order valence-electron chi connectivity index (χ4n) is 3.24. The molecule has 0 aliphatic carbocycles. The van der Waals surface area contributed by atoms with Gasteiger partial charge in [-0.05, 0) is 79.2 Å². The van der Waals surface area contributed by atoms with Crippen molar-refractivity contribution in [2.45, 2.75) is 13.5 Å². The Kier molecular flexibility index (Phi) is 6.51. The van der Waals surface area contributed by atoms with E-state index in [1.54, 1.807) is 48.5 Å². The van der Waals surface area contributed by atoms with Crippen molar-refractivity contribution >= 4 is 40.9 Å². The van der Waals surface area contributed by atoms with Gasteiger partial charge in [0.25, 0.3) is 0 Å². The standard InChI is InChI=1S/C25H19Cl2NO4/c1-15-12-17(3-8-20(15)23-10-5-19(14-29)32-23)28-25(30)11-6-18-4-9-24(31-18)21-7-2-16(26)13-22(21)27/h2-13,29H,14H2,1H3,(H,28,30)/b11-6+. The summed E-state index contributed by atoms with van der Waals surface area (Å²) in [5.41, 5.74) is 3.20. The molecule has 0 fully saturated rings. The molecule has 0 radical (unpaired) electrons. The van der Waals surface area contributed by atoms with E-state index >= 15 is 0 Å². The zero-order valence-corrected chi connectivity index (χ0v) is 18.6. The van der Waals surface area contributed by atoms with E-state index in [1.807, 2.05) is 25.1 Å². The van der Waals surface area contributed by atoms with Crippen LogP contribution in [0.3, 0.4) is 0 Å². The maximum atomic E-state index is 12.3. The molecule has 0 aliphatic rings. The van der Waals surface area contributed by atoms with Gasteiger partial charge in [-0.2, -0.15) is 0 Å². The summed E-state index contributed by atoms with van der Waals surface area (Å²) < 4.78 is 11.3. The van der Waals surface area contributed by atoms with Gasteiger partial charge < -0.3 is 19.3 Å². The van der Waals surface area contributed by atoms with Crippen molar-refractivity contribution in [1.29, 1.82) is 0 Å². The molecule has 0 unspecified atom stereocenters. The minimum atomic E-state index is -0.291. The van der Waals surface area contributed by atoms with Crippen LogP contribution in [-0.4, -0.2) is 11.0 Å². The van der Waals surface area contributed by atoms with Crippen molar-refractivity contribution in [2.75, 3.05) is 5.32 Å². The molecule has 1 amide bonds. The third-order valence-electron chi connectivity index (χ3n) is 4.80. The first-order valence-electron chi connectivity index (χ1n) is 9.78. The van der Waals surface area contributed by atoms with Crippen molar-refractivity contribution < 1.29 is 18.7 Å². The molecule has 4 aromatic rings. The summed E-state index contributed by atoms with van der Waals surface area (Å²) in [5.74, 6) is 1.98. The first-order valence-corrected chi connectivity index (χ1v) is 10.5. The number of hydrogen-bond acceptors (Lipinski definition) is 4. The van der Waals surface area contributed by atoms with E-state index in [1.165, 1.54) is 6.08 Å². The Hall–Kier alpha value is -3.25. The summed E-state index contributed by atoms with van der Waals surface area (Å²) in [5, 5.41) is 13.0. The van der Waals surface area contributed by atoms with Crippen LogP contribution < -0.4 is 5.32 Å². The van der Waals surface area contributed by atoms with Crippen molar-refractivity contribution in [3.63, 3.8) is 0 Å². The van der Waals surface area contributed by atoms with Gasteiger partial charge in [-0.3, -0.25) is 4.79 Å². The van der Waals surface area contributed by atoms with E-state index in [4.69, 9.17) is 37.1 Å². The monoisotopic (exact) mass is 467 g/mol. The first-order chi connectivity index (χ1) is 15.4. The van der Waals surface area contributed by atoms with Crippen LogP contribution in [0.2, 0.25) is 10.0 Å². The van der Waals surface area contributed by atoms with Gasteiger partial charge in [-0.15, -0.1) is 0 Å². The van der Waals surface area contributed by atoms with Gasteiger partial charge in [-0.25, -0.2) is 0 Å². The van der Waals surface area contributed by atoms with Crippen LogP contribution in [0.15, 0.2) is 75.6 Å². The lowest BCUT2D eigenvalue weighted by atomic mass is 10.1. The molecule has 0 bridgehead atoms. The van der Waals surface area contributed by atoms with Gasteiger partial charge in [0.2, 0.25) is 5.91 Å². The summed E-state index contributed by atoms with van der Waals surface area (Å²) >= 11 is 12.2. The number of carbonyl (C=O) groups is 1. The van der Waals surface area contributed by atoms with Crippen LogP contribution in [0.5, 0.6) is 0 Å². The molecule has 7 heteroatoms. The first kappa shape index (κ1) is 22.0. The topological polar surface area (TPSA) is 75.6 Å². The Morgan fingerprint density at radius 1 is 0.969 bits per heavy atom. The number of aryl methyl sites for hydroxylation is 1. The molecule has 2 N–H and O–H groups in total. The number of anilines is 1. The molecular formula is C25H19Cl2NO4. The summed E-state index contributed by atoms with van der Waals surface area (Å²) in [6.07, 6.45) is 2.98. The Morgan fingerprint density at radius 3 is 2.44 bits per heavy atom. The second-order valence-electron chi connectivity index (χ2n) is 7.10. The zero-order valence-electron chi connectivity index (χ0n) is 17.1. The third kappa shape index (κ3) is 4.97. The van der Waals surface area contributed by atoms with E-state index in [9.17, 15) is 4.79 Å². The normalized spacial score (nSPS) is 11.2. The minimum absolute atomic E-state index is 0.149. The van der Waals surface area contributed by atoms with E-state index in [2.05, 4.69) is 5.32 Å². The zero-order chi connectivity index (χ0) is 22.7. The summed E-state index contributed by atoms with van der Waals surface area (Å²) in [4.78, 5) is 12.3. The highest BCUT2D eigenvalue weighted by molar-refractivity contribution is 6.36. The SMILES string of the molecule is Cc1cc(NC(=O)/C=C/c2ccc(-c3ccc(Cl)cc3Cl)o2)ccc1-c1ccc(CO)o1. The van der Waals surface area contributed by atoms with Gasteiger partial charge in [0.05, 0.1) is 5.02 Å². The number of benzene rings is 2. The molecular weight excluding hydrogens is 449 g/mol. The fourth-order valence-corrected chi connectivity index (χ4v) is 3.75. The van der Waals surface area contributed by atoms with Crippen molar-refractivity contribution in [2.24, 2.45) is 0 Å². The maximum absolute atomic E-state index is 12.3. The van der Waals surface area contributed by atoms with E-state index in [-0.39, 0.29) is 12.5 Å². The number of carbonyl (C=O) groups excluding carboxylic acids is 1. The summed E-state index contributed by atoms with van der Waals surface area (Å²) in [7, 11) is 0. The maximum Gasteiger partial charge on any atom is 0.248 e. The van der Waals surface area contributed by atoms with E-state index in [0.717, 1.165) is 16.7 Å². The molecule has 0 atom stereocenters. The number of hydrogen-bond donors (Lipinski definition) is 2. The van der Waals surface area contributed by atoms with Crippen LogP contribution in [0.4, 0.5) is 5.69 Å². The number of amides is 1. The predicted molar refractivity (Wildman–Crippen MR) is 127 cm³/mol. The number of halogens is 2. The number of nitrogens with one attached hydrogen (secondary N) is 1. The second kappa shape index (κ2) is 9.49. The van der Waals surface area contributed by atoms with Crippen molar-refractivity contribution in [1.82, 2.24) is 0 Å². The van der Waals surface area contributed by atoms with Crippen molar-refractivity contribution in [3.8, 4) is 22.6 Å². The molecule has 162 valence electrons. The quantitative estimate of drug-likeness (QED) is 0.300. The van der Waals surface area contributed by atoms with Crippen LogP contribution in [0.1, 0.15) is 17.1 Å². The van der Waals surface area contributed by atoms with Crippen LogP contribution >= 0.6 is 23.2 Å². The molecule has 2 aromatic carbocycles. The summed E-state index contributed by atoms with van der Waals surface area (Å²) in [6.45, 7) is 1.78. The van der Waals surface area contributed by atoms with Crippen LogP contribution in [0.25, 0.3) is 28.7 Å². The number of aliphatic hydroxyl groups is 1. The van der Waals surface area contributed by atoms with Gasteiger partial charge in [-0.1, -0.05) is 23.2 Å². The van der Waals surface area contributed by atoms with Crippen LogP contribution in [0, 0.1) is 6.92 Å². The lowest BCUT2D eigenvalue weighted by Crippen LogP contribution is -2.07. The van der Waals surface area contributed by atoms with E-state index < -0.39 is 0 Å². The van der Waals surface area contributed by atoms with Gasteiger partial charge >= 0.3 is 0 Å². The highest BCUT2D eigenvalue weighted by atomic mass is 35.5. The second-order valence-corrected chi connectivity index (χ2v) is 7.95. The minimum Gasteiger partial charge on any atom is -0.459 e. The lowest BCUT2D eigenvalue weighted by Gasteiger charge is -2.07. The number of furan rings is 2. The summed E-state index contributed by atoms with van der Waals surface area (Å²) in [6, 6.07) is 17.8. The largest absolute Gasteiger partial charge is 0.459 e. The molecule has 5 nitrogen and oxygen atoms in total. The van der Waals surface area contributed by atoms with Gasteiger partial charge in [0.15, 0.2) is 0 Å². The molecule has 0 aliphatic heterocycles. The predicted octanol–water partition coefficient (Wildman–Crippen LogP) is 6.97. The number of rotatable bonds is 6. The third-order valence-corrected chi connectivity index (χ3v) is 5.35. The Balaban J connectivity index is 1.42. The van der Waals surface area contributed by atoms with E-state index in [0.29, 0.717) is 38.8 Å². The fraction of sp³-hybridized carbons (Fsp3) is 0.0800. The smallest absolute Gasteiger partial charge is 0.248 e. The van der Waals surface area contributed by atoms with Gasteiger partial charge in [0.1, 0.15) is 29.6 Å². The molecule has 4 rings (SSSR count). The molecule has 2 aromatic heterocycles. The number of aliphatic hydroxyl groups excluding tert-OH is 1. The Morgan fingerprint density at radius 2 is 1.72 bits per heavy atom. The van der Waals surface area contributed by atoms with Crippen molar-refractivity contribution in [3.05, 3.63) is 93.9 Å². The molecule has 0 spiro atoms. The lowest BCUT2D eigenvalue weighted by molar-refractivity contribution is -0.111. The molecule has 0 saturated carbocycles. The Labute approximate surface area is 194 Å². The van der Waals surface area contributed by atoms with Crippen LogP contribution in [-0.2, 0) is 11.4 Å².